The molecule has 0 bridgehead atoms. The molecule has 0 spiro atoms. The van der Waals surface area contributed by atoms with Crippen LogP contribution in [0.5, 0.6) is 0 Å². The van der Waals surface area contributed by atoms with Crippen molar-refractivity contribution in [2.75, 3.05) is 0 Å². The van der Waals surface area contributed by atoms with Gasteiger partial charge in [0.2, 0.25) is 0 Å². The van der Waals surface area contributed by atoms with Crippen molar-refractivity contribution in [3.05, 3.63) is 65.9 Å². The van der Waals surface area contributed by atoms with Gasteiger partial charge >= 0.3 is 0 Å². The number of rotatable bonds is 1. The normalized spacial score (nSPS) is 11.3. The summed E-state index contributed by atoms with van der Waals surface area (Å²) >= 11 is 1.86. The highest BCUT2D eigenvalue weighted by Crippen LogP contribution is 2.37. The highest BCUT2D eigenvalue weighted by Gasteiger charge is 2.10. The van der Waals surface area contributed by atoms with Gasteiger partial charge < -0.3 is 0 Å². The van der Waals surface area contributed by atoms with E-state index in [2.05, 4.69) is 67.4 Å². The van der Waals surface area contributed by atoms with Crippen LogP contribution in [0.25, 0.3) is 31.4 Å². The molecule has 0 fully saturated rings. The van der Waals surface area contributed by atoms with Gasteiger partial charge in [0, 0.05) is 31.9 Å². The molecule has 0 saturated carbocycles. The number of hydrogen-bond donors (Lipinski definition) is 0. The Morgan fingerprint density at radius 1 is 0.857 bits per heavy atom. The van der Waals surface area contributed by atoms with Crippen LogP contribution in [0.4, 0.5) is 0 Å². The lowest BCUT2D eigenvalue weighted by atomic mass is 10.0. The van der Waals surface area contributed by atoms with Crippen LogP contribution in [0.15, 0.2) is 54.7 Å². The van der Waals surface area contributed by atoms with Crippen LogP contribution >= 0.6 is 11.3 Å². The van der Waals surface area contributed by atoms with Crippen LogP contribution in [0, 0.1) is 13.8 Å². The predicted molar refractivity (Wildman–Crippen MR) is 92.0 cm³/mol. The van der Waals surface area contributed by atoms with Crippen LogP contribution < -0.4 is 0 Å². The molecule has 0 atom stereocenters. The van der Waals surface area contributed by atoms with Gasteiger partial charge in [-0.2, -0.15) is 0 Å². The lowest BCUT2D eigenvalue weighted by Crippen LogP contribution is -1.87. The standard InChI is InChI=1S/C19H15NS/c1-12-7-8-17(20-11-12)15-10-16-14-5-3-4-6-18(14)21-19(16)9-13(15)2/h3-11H,1-2H3. The molecular formula is C19H15NS. The van der Waals surface area contributed by atoms with Crippen molar-refractivity contribution in [1.82, 2.24) is 4.98 Å². The van der Waals surface area contributed by atoms with Gasteiger partial charge in [-0.3, -0.25) is 4.98 Å². The van der Waals surface area contributed by atoms with Crippen LogP contribution in [0.3, 0.4) is 0 Å². The SMILES string of the molecule is Cc1ccc(-c2cc3c(cc2C)sc2ccccc23)nc1. The number of aromatic nitrogens is 1. The lowest BCUT2D eigenvalue weighted by Gasteiger charge is -2.06. The van der Waals surface area contributed by atoms with E-state index in [1.807, 2.05) is 17.5 Å². The Bertz CT molecular complexity index is 949. The fourth-order valence-corrected chi connectivity index (χ4v) is 3.96. The second kappa shape index (κ2) is 4.68. The Balaban J connectivity index is 2.03. The molecule has 0 saturated heterocycles. The molecule has 102 valence electrons. The number of thiophene rings is 1. The molecule has 4 aromatic rings. The summed E-state index contributed by atoms with van der Waals surface area (Å²) in [6.07, 6.45) is 1.94. The first kappa shape index (κ1) is 12.5. The molecule has 4 rings (SSSR count). The number of aryl methyl sites for hydroxylation is 2. The van der Waals surface area contributed by atoms with Gasteiger partial charge in [0.05, 0.1) is 5.69 Å². The summed E-state index contributed by atoms with van der Waals surface area (Å²) in [5, 5.41) is 2.67. The lowest BCUT2D eigenvalue weighted by molar-refractivity contribution is 1.26. The Hall–Kier alpha value is -2.19. The number of hydrogen-bond acceptors (Lipinski definition) is 2. The summed E-state index contributed by atoms with van der Waals surface area (Å²) in [6.45, 7) is 4.24. The van der Waals surface area contributed by atoms with Crippen molar-refractivity contribution in [3.8, 4) is 11.3 Å². The average Bonchev–Trinajstić information content (AvgIpc) is 2.84. The summed E-state index contributed by atoms with van der Waals surface area (Å²) in [5.41, 5.74) is 4.75. The molecule has 0 aliphatic heterocycles. The van der Waals surface area contributed by atoms with Crippen molar-refractivity contribution in [3.63, 3.8) is 0 Å². The maximum Gasteiger partial charge on any atom is 0.0705 e. The van der Waals surface area contributed by atoms with Gasteiger partial charge in [-0.15, -0.1) is 11.3 Å². The molecule has 0 aliphatic carbocycles. The largest absolute Gasteiger partial charge is 0.256 e. The quantitative estimate of drug-likeness (QED) is 0.436. The van der Waals surface area contributed by atoms with Crippen molar-refractivity contribution in [1.29, 1.82) is 0 Å². The zero-order valence-corrected chi connectivity index (χ0v) is 12.9. The molecule has 1 nitrogen and oxygen atoms in total. The minimum Gasteiger partial charge on any atom is -0.256 e. The van der Waals surface area contributed by atoms with E-state index >= 15 is 0 Å². The zero-order chi connectivity index (χ0) is 14.4. The van der Waals surface area contributed by atoms with Gasteiger partial charge in [-0.1, -0.05) is 24.3 Å². The van der Waals surface area contributed by atoms with Gasteiger partial charge in [0.15, 0.2) is 0 Å². The molecule has 0 N–H and O–H groups in total. The Kier molecular flexibility index (Phi) is 2.79. The Labute approximate surface area is 127 Å². The van der Waals surface area contributed by atoms with E-state index in [9.17, 15) is 0 Å². The van der Waals surface area contributed by atoms with E-state index in [1.54, 1.807) is 0 Å². The highest BCUT2D eigenvalue weighted by molar-refractivity contribution is 7.25. The van der Waals surface area contributed by atoms with E-state index in [-0.39, 0.29) is 0 Å². The van der Waals surface area contributed by atoms with E-state index in [4.69, 9.17) is 0 Å². The van der Waals surface area contributed by atoms with E-state index < -0.39 is 0 Å². The fraction of sp³-hybridized carbons (Fsp3) is 0.105. The maximum absolute atomic E-state index is 4.58. The van der Waals surface area contributed by atoms with Gasteiger partial charge in [-0.25, -0.2) is 0 Å². The Morgan fingerprint density at radius 2 is 1.71 bits per heavy atom. The average molecular weight is 289 g/mol. The highest BCUT2D eigenvalue weighted by atomic mass is 32.1. The number of nitrogens with zero attached hydrogens (tertiary/aromatic N) is 1. The molecular weight excluding hydrogens is 274 g/mol. The second-order valence-electron chi connectivity index (χ2n) is 5.48. The third kappa shape index (κ3) is 2.03. The van der Waals surface area contributed by atoms with Crippen molar-refractivity contribution in [2.45, 2.75) is 13.8 Å². The zero-order valence-electron chi connectivity index (χ0n) is 12.1. The predicted octanol–water partition coefficient (Wildman–Crippen LogP) is 5.73. The van der Waals surface area contributed by atoms with Crippen LogP contribution in [0.1, 0.15) is 11.1 Å². The topological polar surface area (TPSA) is 12.9 Å². The summed E-state index contributed by atoms with van der Waals surface area (Å²) in [5.74, 6) is 0. The van der Waals surface area contributed by atoms with Crippen LogP contribution in [-0.2, 0) is 0 Å². The molecule has 21 heavy (non-hydrogen) atoms. The molecule has 0 unspecified atom stereocenters. The molecule has 2 heteroatoms. The third-order valence-corrected chi connectivity index (χ3v) is 5.04. The minimum absolute atomic E-state index is 1.05. The monoisotopic (exact) mass is 289 g/mol. The molecule has 0 radical (unpaired) electrons. The molecule has 0 aliphatic rings. The van der Waals surface area contributed by atoms with Crippen molar-refractivity contribution >= 4 is 31.5 Å². The van der Waals surface area contributed by atoms with Crippen molar-refractivity contribution < 1.29 is 0 Å². The molecule has 2 aromatic carbocycles. The summed E-state index contributed by atoms with van der Waals surface area (Å²) in [6, 6.07) is 17.4. The number of fused-ring (bicyclic) bond motifs is 3. The number of pyridine rings is 1. The minimum atomic E-state index is 1.05. The summed E-state index contributed by atoms with van der Waals surface area (Å²) < 4.78 is 2.70. The third-order valence-electron chi connectivity index (χ3n) is 3.91. The first-order valence-electron chi connectivity index (χ1n) is 7.07. The smallest absolute Gasteiger partial charge is 0.0705 e. The summed E-state index contributed by atoms with van der Waals surface area (Å²) in [7, 11) is 0. The number of benzene rings is 2. The van der Waals surface area contributed by atoms with Gasteiger partial charge in [-0.05, 0) is 49.2 Å². The van der Waals surface area contributed by atoms with Gasteiger partial charge in [0.1, 0.15) is 0 Å². The summed E-state index contributed by atoms with van der Waals surface area (Å²) in [4.78, 5) is 4.58. The second-order valence-corrected chi connectivity index (χ2v) is 6.57. The molecule has 2 heterocycles. The van der Waals surface area contributed by atoms with Crippen LogP contribution in [0.2, 0.25) is 0 Å². The van der Waals surface area contributed by atoms with E-state index in [1.165, 1.54) is 36.9 Å². The first-order valence-corrected chi connectivity index (χ1v) is 7.89. The molecule has 0 amide bonds. The first-order chi connectivity index (χ1) is 10.2. The maximum atomic E-state index is 4.58. The van der Waals surface area contributed by atoms with Crippen molar-refractivity contribution in [2.24, 2.45) is 0 Å². The Morgan fingerprint density at radius 3 is 2.52 bits per heavy atom. The fourth-order valence-electron chi connectivity index (χ4n) is 2.78. The van der Waals surface area contributed by atoms with Crippen LogP contribution in [-0.4, -0.2) is 4.98 Å². The molecule has 2 aromatic heterocycles. The van der Waals surface area contributed by atoms with E-state index in [0.717, 1.165) is 5.69 Å². The van der Waals surface area contributed by atoms with Gasteiger partial charge in [0.25, 0.3) is 0 Å². The van der Waals surface area contributed by atoms with E-state index in [0.29, 0.717) is 0 Å².